The molecule has 0 aromatic rings. The minimum absolute atomic E-state index is 1.90. The van der Waals surface area contributed by atoms with E-state index in [4.69, 9.17) is 0 Å². The van der Waals surface area contributed by atoms with Crippen molar-refractivity contribution in [2.24, 2.45) is 0 Å². The van der Waals surface area contributed by atoms with Crippen molar-refractivity contribution in [3.05, 3.63) is 0 Å². The molecule has 0 aromatic heterocycles. The quantitative estimate of drug-likeness (QED) is 0.428. The van der Waals surface area contributed by atoms with Gasteiger partial charge in [-0.2, -0.15) is 13.2 Å². The lowest BCUT2D eigenvalue weighted by molar-refractivity contribution is -0.277. The summed E-state index contributed by atoms with van der Waals surface area (Å²) in [6.45, 7) is -1.90. The van der Waals surface area contributed by atoms with E-state index >= 15 is 0 Å². The predicted molar refractivity (Wildman–Crippen MR) is 23.9 cm³/mol. The smallest absolute Gasteiger partial charge is 0.434 e. The van der Waals surface area contributed by atoms with Crippen LogP contribution in [0.3, 0.4) is 0 Å². The number of ether oxygens (including phenoxy) is 2. The van der Waals surface area contributed by atoms with Crippen LogP contribution in [0.15, 0.2) is 0 Å². The first-order valence-corrected chi connectivity index (χ1v) is 2.43. The molecule has 0 spiro atoms. The standard InChI is InChI=1S/C4H3F3O5/c5-4(6,7)1-11-3(10)12-2(8)9/h1H2,(H,8,9)/p-1. The van der Waals surface area contributed by atoms with Crippen LogP contribution in [0.5, 0.6) is 0 Å². The molecule has 0 heterocycles. The summed E-state index contributed by atoms with van der Waals surface area (Å²) >= 11 is 0. The largest absolute Gasteiger partial charge is 0.453 e. The molecule has 0 rings (SSSR count). The van der Waals surface area contributed by atoms with Crippen LogP contribution in [0, 0.1) is 0 Å². The molecule has 0 saturated carbocycles. The van der Waals surface area contributed by atoms with Crippen molar-refractivity contribution in [3.63, 3.8) is 0 Å². The Morgan fingerprint density at radius 3 is 2.17 bits per heavy atom. The van der Waals surface area contributed by atoms with E-state index < -0.39 is 25.1 Å². The molecule has 0 radical (unpaired) electrons. The lowest BCUT2D eigenvalue weighted by Gasteiger charge is -2.09. The Morgan fingerprint density at radius 1 is 1.33 bits per heavy atom. The van der Waals surface area contributed by atoms with Crippen molar-refractivity contribution in [2.45, 2.75) is 6.18 Å². The zero-order valence-electron chi connectivity index (χ0n) is 5.38. The van der Waals surface area contributed by atoms with E-state index in [0.29, 0.717) is 0 Å². The van der Waals surface area contributed by atoms with Gasteiger partial charge in [-0.05, 0) is 0 Å². The lowest BCUT2D eigenvalue weighted by atomic mass is 10.7. The molecular formula is C4H2F3O5-. The van der Waals surface area contributed by atoms with Crippen molar-refractivity contribution in [2.75, 3.05) is 6.61 Å². The molecule has 0 saturated heterocycles. The van der Waals surface area contributed by atoms with Crippen LogP contribution >= 0.6 is 0 Å². The Kier molecular flexibility index (Phi) is 3.32. The molecule has 0 bridgehead atoms. The fraction of sp³-hybridized carbons (Fsp3) is 0.500. The summed E-state index contributed by atoms with van der Waals surface area (Å²) < 4.78 is 40.2. The fourth-order valence-electron chi connectivity index (χ4n) is 0.238. The summed E-state index contributed by atoms with van der Waals surface area (Å²) in [5, 5.41) is 9.42. The Balaban J connectivity index is 3.65. The molecule has 8 heteroatoms. The third-order valence-electron chi connectivity index (χ3n) is 0.520. The number of hydrogen-bond donors (Lipinski definition) is 0. The van der Waals surface area contributed by atoms with Crippen LogP contribution in [0.25, 0.3) is 0 Å². The van der Waals surface area contributed by atoms with Crippen LogP contribution in [0.1, 0.15) is 0 Å². The number of rotatable bonds is 1. The lowest BCUT2D eigenvalue weighted by Crippen LogP contribution is -2.29. The number of carbonyl (C=O) groups excluding carboxylic acids is 2. The van der Waals surface area contributed by atoms with E-state index in [0.717, 1.165) is 0 Å². The topological polar surface area (TPSA) is 75.7 Å². The molecule has 0 aliphatic heterocycles. The molecule has 5 nitrogen and oxygen atoms in total. The molecule has 0 atom stereocenters. The zero-order chi connectivity index (χ0) is 9.78. The summed E-state index contributed by atoms with van der Waals surface area (Å²) in [5.41, 5.74) is 0. The number of hydrogen-bond acceptors (Lipinski definition) is 5. The summed E-state index contributed by atoms with van der Waals surface area (Å²) in [6, 6.07) is 0. The van der Waals surface area contributed by atoms with Crippen LogP contribution in [0.4, 0.5) is 22.8 Å². The number of carboxylic acid groups (broad SMARTS) is 1. The van der Waals surface area contributed by atoms with Gasteiger partial charge in [-0.15, -0.1) is 0 Å². The Morgan fingerprint density at radius 2 is 1.83 bits per heavy atom. The molecule has 0 aromatic carbocycles. The van der Waals surface area contributed by atoms with Gasteiger partial charge in [-0.1, -0.05) is 0 Å². The van der Waals surface area contributed by atoms with Gasteiger partial charge >= 0.3 is 12.3 Å². The van der Waals surface area contributed by atoms with Gasteiger partial charge in [0.1, 0.15) is 0 Å². The SMILES string of the molecule is O=C([O-])OC(=O)OCC(F)(F)F. The normalized spacial score (nSPS) is 10.6. The van der Waals surface area contributed by atoms with Gasteiger partial charge in [-0.25, -0.2) is 4.79 Å². The summed E-state index contributed by atoms with van der Waals surface area (Å²) in [7, 11) is 0. The summed E-state index contributed by atoms with van der Waals surface area (Å²) in [4.78, 5) is 19.4. The number of carbonyl (C=O) groups is 2. The van der Waals surface area contributed by atoms with Crippen molar-refractivity contribution < 1.29 is 37.3 Å². The second-order valence-electron chi connectivity index (χ2n) is 1.51. The highest BCUT2D eigenvalue weighted by atomic mass is 19.4. The first-order valence-electron chi connectivity index (χ1n) is 2.43. The van der Waals surface area contributed by atoms with Crippen molar-refractivity contribution >= 4 is 12.3 Å². The highest BCUT2D eigenvalue weighted by Crippen LogP contribution is 2.14. The van der Waals surface area contributed by atoms with Gasteiger partial charge in [-0.3, -0.25) is 0 Å². The van der Waals surface area contributed by atoms with Gasteiger partial charge < -0.3 is 19.4 Å². The maximum Gasteiger partial charge on any atom is 0.434 e. The first kappa shape index (κ1) is 10.5. The average molecular weight is 187 g/mol. The van der Waals surface area contributed by atoms with E-state index in [9.17, 15) is 27.9 Å². The highest BCUT2D eigenvalue weighted by molar-refractivity contribution is 5.74. The molecule has 0 aliphatic rings. The third-order valence-corrected chi connectivity index (χ3v) is 0.520. The van der Waals surface area contributed by atoms with Crippen LogP contribution in [-0.2, 0) is 9.47 Å². The number of halogens is 3. The molecule has 0 aliphatic carbocycles. The van der Waals surface area contributed by atoms with Crippen LogP contribution in [0.2, 0.25) is 0 Å². The maximum atomic E-state index is 11.3. The molecule has 12 heavy (non-hydrogen) atoms. The monoisotopic (exact) mass is 187 g/mol. The van der Waals surface area contributed by atoms with Crippen molar-refractivity contribution in [1.82, 2.24) is 0 Å². The number of alkyl halides is 3. The van der Waals surface area contributed by atoms with Crippen LogP contribution < -0.4 is 5.11 Å². The first-order chi connectivity index (χ1) is 5.31. The summed E-state index contributed by atoms with van der Waals surface area (Å²) in [5.74, 6) is 0. The molecule has 70 valence electrons. The minimum atomic E-state index is -4.72. The third kappa shape index (κ3) is 6.65. The van der Waals surface area contributed by atoms with E-state index in [1.54, 1.807) is 0 Å². The molecular weight excluding hydrogens is 185 g/mol. The summed E-state index contributed by atoms with van der Waals surface area (Å²) in [6.07, 6.45) is -8.96. The van der Waals surface area contributed by atoms with Crippen molar-refractivity contribution in [3.8, 4) is 0 Å². The van der Waals surface area contributed by atoms with E-state index in [-0.39, 0.29) is 0 Å². The van der Waals surface area contributed by atoms with Gasteiger partial charge in [0.25, 0.3) is 6.16 Å². The zero-order valence-corrected chi connectivity index (χ0v) is 5.38. The van der Waals surface area contributed by atoms with Gasteiger partial charge in [0.05, 0.1) is 0 Å². The highest BCUT2D eigenvalue weighted by Gasteiger charge is 2.29. The van der Waals surface area contributed by atoms with E-state index in [2.05, 4.69) is 9.47 Å². The van der Waals surface area contributed by atoms with Crippen molar-refractivity contribution in [1.29, 1.82) is 0 Å². The Labute approximate surface area is 63.7 Å². The van der Waals surface area contributed by atoms with E-state index in [1.165, 1.54) is 0 Å². The average Bonchev–Trinajstić information content (AvgIpc) is 1.80. The second kappa shape index (κ2) is 3.79. The molecule has 0 N–H and O–H groups in total. The Hall–Kier alpha value is -1.47. The van der Waals surface area contributed by atoms with Gasteiger partial charge in [0.15, 0.2) is 6.61 Å². The molecule has 0 amide bonds. The minimum Gasteiger partial charge on any atom is -0.453 e. The maximum absolute atomic E-state index is 11.3. The predicted octanol–water partition coefficient (Wildman–Crippen LogP) is 0.0452. The fourth-order valence-corrected chi connectivity index (χ4v) is 0.238. The van der Waals surface area contributed by atoms with Crippen LogP contribution in [-0.4, -0.2) is 25.1 Å². The Bertz CT molecular complexity index is 186. The van der Waals surface area contributed by atoms with Gasteiger partial charge in [0.2, 0.25) is 0 Å². The molecule has 0 unspecified atom stereocenters. The van der Waals surface area contributed by atoms with Gasteiger partial charge in [0, 0.05) is 0 Å². The second-order valence-corrected chi connectivity index (χ2v) is 1.51. The van der Waals surface area contributed by atoms with E-state index in [1.807, 2.05) is 0 Å². The molecule has 0 fully saturated rings.